The van der Waals surface area contributed by atoms with Crippen LogP contribution >= 0.6 is 0 Å². The van der Waals surface area contributed by atoms with Gasteiger partial charge in [-0.3, -0.25) is 9.59 Å². The van der Waals surface area contributed by atoms with E-state index in [9.17, 15) is 14.9 Å². The molecule has 0 radical (unpaired) electrons. The number of carbonyl (C=O) groups excluding carboxylic acids is 2. The van der Waals surface area contributed by atoms with E-state index in [0.717, 1.165) is 16.2 Å². The number of nitrogen functional groups attached to an aromatic ring is 1. The van der Waals surface area contributed by atoms with Crippen LogP contribution < -0.4 is 16.0 Å². The molecule has 6 nitrogen and oxygen atoms in total. The van der Waals surface area contributed by atoms with Crippen molar-refractivity contribution in [2.24, 2.45) is 0 Å². The van der Waals surface area contributed by atoms with Gasteiger partial charge in [0.1, 0.15) is 11.6 Å². The number of hydrogen-bond acceptors (Lipinski definition) is 5. The van der Waals surface area contributed by atoms with E-state index in [-0.39, 0.29) is 5.57 Å². The third-order valence-corrected chi connectivity index (χ3v) is 3.54. The van der Waals surface area contributed by atoms with Gasteiger partial charge in [-0.25, -0.2) is 4.90 Å². The molecule has 0 aliphatic heterocycles. The van der Waals surface area contributed by atoms with Crippen molar-refractivity contribution in [1.82, 2.24) is 0 Å². The standard InChI is InChI=1S/C19H18N4O2/c1-13-5-3-4-6-18(13)22-12-15(11-20)19(25)23(14(2)24)17-9-7-16(21)8-10-17/h3-10,12,22H,21H2,1-2H3/b15-12-. The van der Waals surface area contributed by atoms with E-state index >= 15 is 0 Å². The molecule has 0 bridgehead atoms. The largest absolute Gasteiger partial charge is 0.399 e. The summed E-state index contributed by atoms with van der Waals surface area (Å²) in [5.41, 5.74) is 8.04. The van der Waals surface area contributed by atoms with Crippen LogP contribution in [0, 0.1) is 18.3 Å². The maximum atomic E-state index is 12.7. The number of para-hydroxylation sites is 1. The smallest absolute Gasteiger partial charge is 0.277 e. The Hall–Kier alpha value is -3.59. The highest BCUT2D eigenvalue weighted by molar-refractivity contribution is 6.21. The summed E-state index contributed by atoms with van der Waals surface area (Å²) in [5.74, 6) is -1.20. The molecule has 0 saturated heterocycles. The SMILES string of the molecule is CC(=O)N(C(=O)/C(C#N)=C\Nc1ccccc1C)c1ccc(N)cc1. The second-order valence-corrected chi connectivity index (χ2v) is 5.38. The van der Waals surface area contributed by atoms with Crippen LogP contribution in [-0.4, -0.2) is 11.8 Å². The van der Waals surface area contributed by atoms with E-state index in [2.05, 4.69) is 5.32 Å². The first-order valence-corrected chi connectivity index (χ1v) is 7.57. The minimum absolute atomic E-state index is 0.185. The van der Waals surface area contributed by atoms with Gasteiger partial charge in [-0.1, -0.05) is 18.2 Å². The lowest BCUT2D eigenvalue weighted by atomic mass is 10.2. The van der Waals surface area contributed by atoms with E-state index in [4.69, 9.17) is 5.73 Å². The predicted octanol–water partition coefficient (Wildman–Crippen LogP) is 2.98. The minimum Gasteiger partial charge on any atom is -0.399 e. The maximum Gasteiger partial charge on any atom is 0.277 e. The molecule has 0 heterocycles. The molecule has 0 aliphatic rings. The second-order valence-electron chi connectivity index (χ2n) is 5.38. The van der Waals surface area contributed by atoms with Crippen molar-refractivity contribution in [2.45, 2.75) is 13.8 Å². The molecule has 25 heavy (non-hydrogen) atoms. The van der Waals surface area contributed by atoms with Crippen LogP contribution in [0.5, 0.6) is 0 Å². The number of anilines is 3. The van der Waals surface area contributed by atoms with Crippen LogP contribution in [0.3, 0.4) is 0 Å². The van der Waals surface area contributed by atoms with Gasteiger partial charge in [-0.2, -0.15) is 5.26 Å². The van der Waals surface area contributed by atoms with E-state index < -0.39 is 11.8 Å². The number of amides is 2. The fourth-order valence-electron chi connectivity index (χ4n) is 2.21. The van der Waals surface area contributed by atoms with Gasteiger partial charge >= 0.3 is 0 Å². The van der Waals surface area contributed by atoms with E-state index in [1.165, 1.54) is 13.1 Å². The molecule has 0 saturated carbocycles. The van der Waals surface area contributed by atoms with Crippen molar-refractivity contribution < 1.29 is 9.59 Å². The van der Waals surface area contributed by atoms with Gasteiger partial charge in [-0.15, -0.1) is 0 Å². The molecule has 0 fully saturated rings. The number of aryl methyl sites for hydroxylation is 1. The molecule has 2 aromatic rings. The fraction of sp³-hybridized carbons (Fsp3) is 0.105. The molecule has 0 aliphatic carbocycles. The Morgan fingerprint density at radius 3 is 2.36 bits per heavy atom. The molecular weight excluding hydrogens is 316 g/mol. The number of rotatable bonds is 4. The number of nitriles is 1. The lowest BCUT2D eigenvalue weighted by molar-refractivity contribution is -0.123. The predicted molar refractivity (Wildman–Crippen MR) is 97.5 cm³/mol. The minimum atomic E-state index is -0.708. The van der Waals surface area contributed by atoms with Gasteiger partial charge in [0, 0.05) is 24.5 Å². The van der Waals surface area contributed by atoms with Gasteiger partial charge < -0.3 is 11.1 Å². The van der Waals surface area contributed by atoms with E-state index in [0.29, 0.717) is 11.4 Å². The topological polar surface area (TPSA) is 99.2 Å². The quantitative estimate of drug-likeness (QED) is 0.509. The van der Waals surface area contributed by atoms with Gasteiger partial charge in [0.2, 0.25) is 5.91 Å². The molecular formula is C19H18N4O2. The van der Waals surface area contributed by atoms with Crippen LogP contribution in [-0.2, 0) is 9.59 Å². The van der Waals surface area contributed by atoms with Crippen molar-refractivity contribution in [3.63, 3.8) is 0 Å². The van der Waals surface area contributed by atoms with Crippen LogP contribution in [0.2, 0.25) is 0 Å². The molecule has 0 unspecified atom stereocenters. The Balaban J connectivity index is 2.31. The lowest BCUT2D eigenvalue weighted by Gasteiger charge is -2.19. The molecule has 6 heteroatoms. The van der Waals surface area contributed by atoms with Crippen LogP contribution in [0.1, 0.15) is 12.5 Å². The number of imide groups is 1. The second kappa shape index (κ2) is 7.79. The van der Waals surface area contributed by atoms with Crippen molar-refractivity contribution in [2.75, 3.05) is 16.0 Å². The zero-order valence-corrected chi connectivity index (χ0v) is 14.0. The van der Waals surface area contributed by atoms with Crippen molar-refractivity contribution in [3.05, 3.63) is 65.9 Å². The van der Waals surface area contributed by atoms with Gasteiger partial charge in [0.15, 0.2) is 0 Å². The lowest BCUT2D eigenvalue weighted by Crippen LogP contribution is -2.36. The number of carbonyl (C=O) groups is 2. The Morgan fingerprint density at radius 1 is 1.16 bits per heavy atom. The zero-order chi connectivity index (χ0) is 18.4. The average Bonchev–Trinajstić information content (AvgIpc) is 2.58. The Bertz CT molecular complexity index is 864. The van der Waals surface area contributed by atoms with E-state index in [1.54, 1.807) is 24.3 Å². The molecule has 0 spiro atoms. The number of nitrogens with zero attached hydrogens (tertiary/aromatic N) is 2. The van der Waals surface area contributed by atoms with Gasteiger partial charge in [0.25, 0.3) is 5.91 Å². The van der Waals surface area contributed by atoms with Gasteiger partial charge in [0.05, 0.1) is 5.69 Å². The van der Waals surface area contributed by atoms with Crippen LogP contribution in [0.25, 0.3) is 0 Å². The molecule has 2 aromatic carbocycles. The normalized spacial score (nSPS) is 10.7. The van der Waals surface area contributed by atoms with E-state index in [1.807, 2.05) is 37.3 Å². The maximum absolute atomic E-state index is 12.7. The molecule has 3 N–H and O–H groups in total. The summed E-state index contributed by atoms with van der Waals surface area (Å²) >= 11 is 0. The Morgan fingerprint density at radius 2 is 1.80 bits per heavy atom. The summed E-state index contributed by atoms with van der Waals surface area (Å²) in [7, 11) is 0. The third-order valence-electron chi connectivity index (χ3n) is 3.54. The highest BCUT2D eigenvalue weighted by atomic mass is 16.2. The first-order valence-electron chi connectivity index (χ1n) is 7.57. The van der Waals surface area contributed by atoms with Crippen LogP contribution in [0.15, 0.2) is 60.3 Å². The van der Waals surface area contributed by atoms with Crippen molar-refractivity contribution >= 4 is 28.9 Å². The molecule has 0 aromatic heterocycles. The third kappa shape index (κ3) is 4.24. The zero-order valence-electron chi connectivity index (χ0n) is 14.0. The number of nitrogens with one attached hydrogen (secondary N) is 1. The summed E-state index contributed by atoms with van der Waals surface area (Å²) in [6.45, 7) is 3.16. The molecule has 126 valence electrons. The highest BCUT2D eigenvalue weighted by Gasteiger charge is 2.23. The first-order chi connectivity index (χ1) is 11.9. The number of benzene rings is 2. The van der Waals surface area contributed by atoms with Crippen molar-refractivity contribution in [3.8, 4) is 6.07 Å². The number of hydrogen-bond donors (Lipinski definition) is 2. The molecule has 2 amide bonds. The Kier molecular flexibility index (Phi) is 5.54. The van der Waals surface area contributed by atoms with Crippen LogP contribution in [0.4, 0.5) is 17.1 Å². The highest BCUT2D eigenvalue weighted by Crippen LogP contribution is 2.19. The summed E-state index contributed by atoms with van der Waals surface area (Å²) in [6, 6.07) is 15.6. The summed E-state index contributed by atoms with van der Waals surface area (Å²) in [4.78, 5) is 25.5. The summed E-state index contributed by atoms with van der Waals surface area (Å²) in [5, 5.41) is 12.3. The summed E-state index contributed by atoms with van der Waals surface area (Å²) in [6.07, 6.45) is 1.30. The monoisotopic (exact) mass is 334 g/mol. The molecule has 2 rings (SSSR count). The van der Waals surface area contributed by atoms with Gasteiger partial charge in [-0.05, 0) is 42.8 Å². The molecule has 0 atom stereocenters. The fourth-order valence-corrected chi connectivity index (χ4v) is 2.21. The summed E-state index contributed by atoms with van der Waals surface area (Å²) < 4.78 is 0. The van der Waals surface area contributed by atoms with Crippen molar-refractivity contribution in [1.29, 1.82) is 5.26 Å². The first kappa shape index (κ1) is 17.8. The Labute approximate surface area is 146 Å². The number of nitrogens with two attached hydrogens (primary N) is 1. The average molecular weight is 334 g/mol.